The zero-order valence-corrected chi connectivity index (χ0v) is 18.6. The number of carbonyl (C=O) groups is 1. The fourth-order valence-electron chi connectivity index (χ4n) is 3.95. The molecule has 0 aliphatic heterocycles. The van der Waals surface area contributed by atoms with Crippen molar-refractivity contribution in [2.45, 2.75) is 56.8 Å². The Hall–Kier alpha value is -1.86. The van der Waals surface area contributed by atoms with Gasteiger partial charge in [0.25, 0.3) is 5.56 Å². The van der Waals surface area contributed by atoms with Crippen LogP contribution in [0.3, 0.4) is 0 Å². The Morgan fingerprint density at radius 3 is 2.79 bits per heavy atom. The lowest BCUT2D eigenvalue weighted by Crippen LogP contribution is -3.05. The summed E-state index contributed by atoms with van der Waals surface area (Å²) >= 11 is 1.37. The number of rotatable bonds is 8. The molecule has 2 aromatic rings. The molecule has 1 saturated carbocycles. The number of fused-ring (bicyclic) bond motifs is 1. The largest absolute Gasteiger partial charge is 0.352 e. The van der Waals surface area contributed by atoms with Crippen molar-refractivity contribution in [3.63, 3.8) is 0 Å². The van der Waals surface area contributed by atoms with Gasteiger partial charge in [-0.2, -0.15) is 0 Å². The van der Waals surface area contributed by atoms with Crippen LogP contribution < -0.4 is 15.8 Å². The van der Waals surface area contributed by atoms with Gasteiger partial charge in [0.1, 0.15) is 0 Å². The number of nitrogens with zero attached hydrogens (tertiary/aromatic N) is 2. The molecule has 3 rings (SSSR count). The van der Waals surface area contributed by atoms with E-state index in [0.29, 0.717) is 28.5 Å². The van der Waals surface area contributed by atoms with Crippen molar-refractivity contribution in [1.82, 2.24) is 14.9 Å². The van der Waals surface area contributed by atoms with Crippen LogP contribution in [0.1, 0.15) is 39.0 Å². The normalized spacial score (nSPS) is 19.6. The highest BCUT2D eigenvalue weighted by Crippen LogP contribution is 2.24. The molecule has 0 spiro atoms. The lowest BCUT2D eigenvalue weighted by atomic mass is 9.86. The molecule has 29 heavy (non-hydrogen) atoms. The lowest BCUT2D eigenvalue weighted by molar-refractivity contribution is -0.858. The van der Waals surface area contributed by atoms with Gasteiger partial charge in [0, 0.05) is 19.0 Å². The molecule has 0 radical (unpaired) electrons. The van der Waals surface area contributed by atoms with E-state index in [1.54, 1.807) is 4.57 Å². The van der Waals surface area contributed by atoms with Gasteiger partial charge in [-0.05, 0) is 30.9 Å². The van der Waals surface area contributed by atoms with E-state index in [0.717, 1.165) is 19.4 Å². The molecule has 7 heteroatoms. The van der Waals surface area contributed by atoms with Crippen molar-refractivity contribution < 1.29 is 9.69 Å². The Morgan fingerprint density at radius 2 is 2.03 bits per heavy atom. The summed E-state index contributed by atoms with van der Waals surface area (Å²) in [7, 11) is 4.21. The SMILES string of the molecule is C[C@@H]1CCCC[C@H]1NC(=O)CSc1nc2ccccc2c(=O)n1CCC[NH+](C)C. The lowest BCUT2D eigenvalue weighted by Gasteiger charge is -2.29. The molecule has 0 bridgehead atoms. The minimum absolute atomic E-state index is 0.0202. The van der Waals surface area contributed by atoms with Crippen molar-refractivity contribution in [1.29, 1.82) is 0 Å². The monoisotopic (exact) mass is 417 g/mol. The number of benzene rings is 1. The number of nitrogens with one attached hydrogen (secondary N) is 2. The van der Waals surface area contributed by atoms with E-state index in [1.807, 2.05) is 24.3 Å². The predicted octanol–water partition coefficient (Wildman–Crippen LogP) is 1.72. The molecule has 0 saturated heterocycles. The first kappa shape index (κ1) is 21.8. The summed E-state index contributed by atoms with van der Waals surface area (Å²) in [5.41, 5.74) is 0.670. The Morgan fingerprint density at radius 1 is 1.28 bits per heavy atom. The van der Waals surface area contributed by atoms with Crippen molar-refractivity contribution in [2.24, 2.45) is 5.92 Å². The minimum atomic E-state index is -0.0202. The maximum Gasteiger partial charge on any atom is 0.262 e. The van der Waals surface area contributed by atoms with Crippen LogP contribution in [0.5, 0.6) is 0 Å². The van der Waals surface area contributed by atoms with Crippen LogP contribution in [0, 0.1) is 5.92 Å². The second-order valence-electron chi connectivity index (χ2n) is 8.40. The molecule has 1 aromatic carbocycles. The van der Waals surface area contributed by atoms with E-state index in [9.17, 15) is 9.59 Å². The molecular formula is C22H33N4O2S+. The van der Waals surface area contributed by atoms with Crippen LogP contribution in [-0.4, -0.2) is 47.9 Å². The Labute approximate surface area is 177 Å². The van der Waals surface area contributed by atoms with Crippen LogP contribution in [0.4, 0.5) is 0 Å². The van der Waals surface area contributed by atoms with Gasteiger partial charge in [0.15, 0.2) is 5.16 Å². The minimum Gasteiger partial charge on any atom is -0.352 e. The second-order valence-corrected chi connectivity index (χ2v) is 9.35. The Bertz CT molecular complexity index is 896. The van der Waals surface area contributed by atoms with E-state index in [1.165, 1.54) is 35.9 Å². The van der Waals surface area contributed by atoms with E-state index < -0.39 is 0 Å². The number of quaternary nitrogens is 1. The first-order valence-corrected chi connectivity index (χ1v) is 11.6. The van der Waals surface area contributed by atoms with Crippen LogP contribution in [0.25, 0.3) is 10.9 Å². The average molecular weight is 418 g/mol. The van der Waals surface area contributed by atoms with Crippen LogP contribution in [-0.2, 0) is 11.3 Å². The molecule has 1 aromatic heterocycles. The molecule has 1 fully saturated rings. The average Bonchev–Trinajstić information content (AvgIpc) is 2.70. The highest BCUT2D eigenvalue weighted by Gasteiger charge is 2.23. The standard InChI is InChI=1S/C22H32N4O2S/c1-16-9-4-6-11-18(16)23-20(27)15-29-22-24-19-12-7-5-10-17(19)21(28)26(22)14-8-13-25(2)3/h5,7,10,12,16,18H,4,6,8-9,11,13-15H2,1-3H3,(H,23,27)/p+1/t16-,18-/m1/s1. The first-order chi connectivity index (χ1) is 14.0. The van der Waals surface area contributed by atoms with Crippen LogP contribution >= 0.6 is 11.8 Å². The van der Waals surface area contributed by atoms with Crippen molar-refractivity contribution in [3.05, 3.63) is 34.6 Å². The van der Waals surface area contributed by atoms with Crippen LogP contribution in [0.2, 0.25) is 0 Å². The highest BCUT2D eigenvalue weighted by atomic mass is 32.2. The van der Waals surface area contributed by atoms with Crippen molar-refractivity contribution >= 4 is 28.6 Å². The second kappa shape index (κ2) is 10.3. The van der Waals surface area contributed by atoms with Crippen molar-refractivity contribution in [3.8, 4) is 0 Å². The Balaban J connectivity index is 1.74. The smallest absolute Gasteiger partial charge is 0.262 e. The number of hydrogen-bond donors (Lipinski definition) is 2. The third kappa shape index (κ3) is 5.82. The predicted molar refractivity (Wildman–Crippen MR) is 119 cm³/mol. The summed E-state index contributed by atoms with van der Waals surface area (Å²) < 4.78 is 1.74. The summed E-state index contributed by atoms with van der Waals surface area (Å²) in [6.07, 6.45) is 5.56. The van der Waals surface area contributed by atoms with Crippen LogP contribution in [0.15, 0.2) is 34.2 Å². The number of hydrogen-bond acceptors (Lipinski definition) is 4. The quantitative estimate of drug-likeness (QED) is 0.507. The molecule has 1 amide bonds. The van der Waals surface area contributed by atoms with Gasteiger partial charge in [0.2, 0.25) is 5.91 Å². The summed E-state index contributed by atoms with van der Waals surface area (Å²) in [4.78, 5) is 31.6. The number of thioether (sulfide) groups is 1. The molecule has 2 atom stereocenters. The van der Waals surface area contributed by atoms with E-state index in [-0.39, 0.29) is 23.3 Å². The summed E-state index contributed by atoms with van der Waals surface area (Å²) in [5, 5.41) is 4.46. The van der Waals surface area contributed by atoms with Gasteiger partial charge >= 0.3 is 0 Å². The van der Waals surface area contributed by atoms with Gasteiger partial charge in [-0.25, -0.2) is 4.98 Å². The summed E-state index contributed by atoms with van der Waals surface area (Å²) in [5.74, 6) is 0.844. The number of para-hydroxylation sites is 1. The molecule has 158 valence electrons. The molecule has 1 heterocycles. The zero-order valence-electron chi connectivity index (χ0n) is 17.7. The summed E-state index contributed by atoms with van der Waals surface area (Å²) in [6.45, 7) is 3.81. The molecule has 6 nitrogen and oxygen atoms in total. The van der Waals surface area contributed by atoms with E-state index >= 15 is 0 Å². The number of carbonyl (C=O) groups excluding carboxylic acids is 1. The van der Waals surface area contributed by atoms with E-state index in [4.69, 9.17) is 4.98 Å². The third-order valence-electron chi connectivity index (χ3n) is 5.68. The van der Waals surface area contributed by atoms with E-state index in [2.05, 4.69) is 26.3 Å². The molecule has 1 aliphatic rings. The Kier molecular flexibility index (Phi) is 7.72. The molecule has 1 aliphatic carbocycles. The number of aromatic nitrogens is 2. The molecule has 2 N–H and O–H groups in total. The molecule has 0 unspecified atom stereocenters. The zero-order chi connectivity index (χ0) is 20.8. The topological polar surface area (TPSA) is 68.4 Å². The van der Waals surface area contributed by atoms with Gasteiger partial charge in [-0.15, -0.1) is 0 Å². The fourth-order valence-corrected chi connectivity index (χ4v) is 4.79. The maximum absolute atomic E-state index is 13.0. The third-order valence-corrected chi connectivity index (χ3v) is 6.65. The van der Waals surface area contributed by atoms with Gasteiger partial charge in [0.05, 0.1) is 37.3 Å². The fraction of sp³-hybridized carbons (Fsp3) is 0.591. The van der Waals surface area contributed by atoms with Gasteiger partial charge in [-0.3, -0.25) is 14.2 Å². The summed E-state index contributed by atoms with van der Waals surface area (Å²) in [6, 6.07) is 7.71. The highest BCUT2D eigenvalue weighted by molar-refractivity contribution is 7.99. The van der Waals surface area contributed by atoms with Gasteiger partial charge in [-0.1, -0.05) is 43.7 Å². The van der Waals surface area contributed by atoms with Gasteiger partial charge < -0.3 is 10.2 Å². The maximum atomic E-state index is 13.0. The first-order valence-electron chi connectivity index (χ1n) is 10.7. The van der Waals surface area contributed by atoms with Crippen molar-refractivity contribution in [2.75, 3.05) is 26.4 Å². The molecular weight excluding hydrogens is 384 g/mol. The number of amides is 1.